The molecule has 2 atom stereocenters. The second kappa shape index (κ2) is 11.1. The van der Waals surface area contributed by atoms with E-state index in [1.807, 2.05) is 53.9 Å². The van der Waals surface area contributed by atoms with Gasteiger partial charge in [-0.1, -0.05) is 35.6 Å². The molecule has 1 aliphatic rings. The van der Waals surface area contributed by atoms with E-state index in [2.05, 4.69) is 20.5 Å². The lowest BCUT2D eigenvalue weighted by atomic mass is 10.1. The highest BCUT2D eigenvalue weighted by atomic mass is 32.1. The number of nitrogens with zero attached hydrogens (tertiary/aromatic N) is 4. The first-order chi connectivity index (χ1) is 16.6. The van der Waals surface area contributed by atoms with Gasteiger partial charge in [-0.05, 0) is 35.6 Å². The summed E-state index contributed by atoms with van der Waals surface area (Å²) in [7, 11) is 2.95. The van der Waals surface area contributed by atoms with Crippen molar-refractivity contribution >= 4 is 29.3 Å². The van der Waals surface area contributed by atoms with Gasteiger partial charge in [-0.15, -0.1) is 16.4 Å². The Morgan fingerprint density at radius 1 is 1.24 bits per heavy atom. The van der Waals surface area contributed by atoms with Crippen molar-refractivity contribution in [3.8, 4) is 5.75 Å². The number of nitrogens with one attached hydrogen (secondary N) is 1. The van der Waals surface area contributed by atoms with Gasteiger partial charge in [-0.2, -0.15) is 0 Å². The van der Waals surface area contributed by atoms with E-state index in [-0.39, 0.29) is 23.7 Å². The van der Waals surface area contributed by atoms with Crippen molar-refractivity contribution in [3.63, 3.8) is 0 Å². The fourth-order valence-corrected chi connectivity index (χ4v) is 4.59. The third-order valence-corrected chi connectivity index (χ3v) is 6.62. The topological polar surface area (TPSA) is 98.6 Å². The maximum Gasteiger partial charge on any atom is 0.360 e. The summed E-state index contributed by atoms with van der Waals surface area (Å²) in [6.07, 6.45) is 6.22. The summed E-state index contributed by atoms with van der Waals surface area (Å²) in [6, 6.07) is 11.4. The van der Waals surface area contributed by atoms with Gasteiger partial charge in [0.15, 0.2) is 5.69 Å². The number of carbonyl (C=O) groups is 2. The third-order valence-electron chi connectivity index (χ3n) is 5.75. The van der Waals surface area contributed by atoms with Gasteiger partial charge in [0.05, 0.1) is 39.0 Å². The minimum absolute atomic E-state index is 0.0259. The van der Waals surface area contributed by atoms with Crippen molar-refractivity contribution in [2.75, 3.05) is 27.3 Å². The van der Waals surface area contributed by atoms with Gasteiger partial charge in [-0.25, -0.2) is 9.48 Å². The molecule has 1 saturated heterocycles. The third kappa shape index (κ3) is 5.70. The van der Waals surface area contributed by atoms with Crippen molar-refractivity contribution in [1.82, 2.24) is 25.2 Å². The number of esters is 1. The normalized spacial score (nSPS) is 18.3. The van der Waals surface area contributed by atoms with Crippen LogP contribution in [0.15, 0.2) is 54.1 Å². The van der Waals surface area contributed by atoms with E-state index in [1.54, 1.807) is 29.3 Å². The van der Waals surface area contributed by atoms with E-state index in [1.165, 1.54) is 7.11 Å². The molecule has 1 aromatic carbocycles. The Bertz CT molecular complexity index is 1130. The van der Waals surface area contributed by atoms with Crippen molar-refractivity contribution in [1.29, 1.82) is 0 Å². The molecule has 178 valence electrons. The lowest BCUT2D eigenvalue weighted by molar-refractivity contribution is -0.125. The smallest absolute Gasteiger partial charge is 0.360 e. The first-order valence-electron chi connectivity index (χ1n) is 10.9. The van der Waals surface area contributed by atoms with Crippen molar-refractivity contribution < 1.29 is 19.1 Å². The van der Waals surface area contributed by atoms with Gasteiger partial charge in [0, 0.05) is 18.0 Å². The van der Waals surface area contributed by atoms with Crippen molar-refractivity contribution in [2.24, 2.45) is 0 Å². The Hall–Kier alpha value is -3.50. The van der Waals surface area contributed by atoms with E-state index in [4.69, 9.17) is 9.47 Å². The highest BCUT2D eigenvalue weighted by Crippen LogP contribution is 2.27. The monoisotopic (exact) mass is 481 g/mol. The van der Waals surface area contributed by atoms with Crippen LogP contribution in [-0.4, -0.2) is 65.1 Å². The number of thiophene rings is 1. The lowest BCUT2D eigenvalue weighted by Gasteiger charge is -2.21. The summed E-state index contributed by atoms with van der Waals surface area (Å²) >= 11 is 1.61. The molecule has 3 aromatic rings. The average molecular weight is 482 g/mol. The van der Waals surface area contributed by atoms with Crippen LogP contribution in [0.2, 0.25) is 0 Å². The van der Waals surface area contributed by atoms with Crippen LogP contribution in [0, 0.1) is 0 Å². The zero-order chi connectivity index (χ0) is 23.9. The first-order valence-corrected chi connectivity index (χ1v) is 11.8. The Labute approximate surface area is 202 Å². The zero-order valence-electron chi connectivity index (χ0n) is 19.1. The SMILES string of the molecule is COC(=O)c1cn([C@H]2C[C@@H](C(=O)NCc3cccs3)N(CC=Cc3ccc(OC)cc3)C2)nn1. The predicted octanol–water partition coefficient (Wildman–Crippen LogP) is 2.78. The number of rotatable bonds is 9. The molecule has 1 aliphatic heterocycles. The maximum absolute atomic E-state index is 13.1. The Morgan fingerprint density at radius 3 is 2.76 bits per heavy atom. The summed E-state index contributed by atoms with van der Waals surface area (Å²) in [4.78, 5) is 28.1. The number of ether oxygens (including phenoxy) is 2. The van der Waals surface area contributed by atoms with Crippen molar-refractivity contribution in [2.45, 2.75) is 25.0 Å². The Kier molecular flexibility index (Phi) is 7.71. The van der Waals surface area contributed by atoms with Gasteiger partial charge in [0.25, 0.3) is 0 Å². The molecular formula is C24H27N5O4S. The molecule has 34 heavy (non-hydrogen) atoms. The Balaban J connectivity index is 1.45. The van der Waals surface area contributed by atoms with E-state index >= 15 is 0 Å². The molecule has 9 nitrogen and oxygen atoms in total. The first kappa shape index (κ1) is 23.7. The number of methoxy groups -OCH3 is 2. The van der Waals surface area contributed by atoms with Crippen LogP contribution in [0.3, 0.4) is 0 Å². The summed E-state index contributed by atoms with van der Waals surface area (Å²) in [5.41, 5.74) is 1.20. The number of likely N-dealkylation sites (tertiary alicyclic amines) is 1. The van der Waals surface area contributed by atoms with Crippen LogP contribution in [0.25, 0.3) is 6.08 Å². The highest BCUT2D eigenvalue weighted by molar-refractivity contribution is 7.09. The molecule has 2 aromatic heterocycles. The van der Waals surface area contributed by atoms with E-state index in [0.29, 0.717) is 26.1 Å². The molecule has 10 heteroatoms. The molecule has 0 bridgehead atoms. The number of carbonyl (C=O) groups excluding carboxylic acids is 2. The number of aromatic nitrogens is 3. The average Bonchev–Trinajstić information content (AvgIpc) is 3.63. The van der Waals surface area contributed by atoms with Crippen LogP contribution in [-0.2, 0) is 16.1 Å². The van der Waals surface area contributed by atoms with Crippen molar-refractivity contribution in [3.05, 3.63) is 70.2 Å². The molecular weight excluding hydrogens is 454 g/mol. The van der Waals surface area contributed by atoms with Crippen LogP contribution >= 0.6 is 11.3 Å². The maximum atomic E-state index is 13.1. The molecule has 0 aliphatic carbocycles. The highest BCUT2D eigenvalue weighted by Gasteiger charge is 2.37. The number of amides is 1. The standard InChI is InChI=1S/C24H27N5O4S/c1-32-19-9-7-17(8-10-19)5-3-11-28-15-18(29-16-21(26-27-29)24(31)33-2)13-22(28)23(30)25-14-20-6-4-12-34-20/h3-10,12,16,18,22H,11,13-15H2,1-2H3,(H,25,30)/t18-,22-/m0/s1. The molecule has 0 spiro atoms. The molecule has 1 fully saturated rings. The second-order valence-corrected chi connectivity index (χ2v) is 8.94. The minimum Gasteiger partial charge on any atom is -0.497 e. The summed E-state index contributed by atoms with van der Waals surface area (Å²) < 4.78 is 11.6. The van der Waals surface area contributed by atoms with Gasteiger partial charge >= 0.3 is 5.97 Å². The van der Waals surface area contributed by atoms with Crippen LogP contribution in [0.5, 0.6) is 5.75 Å². The molecule has 1 amide bonds. The molecule has 0 radical (unpaired) electrons. The largest absolute Gasteiger partial charge is 0.497 e. The molecule has 1 N–H and O–H groups in total. The number of benzene rings is 1. The minimum atomic E-state index is -0.534. The van der Waals surface area contributed by atoms with Gasteiger partial charge in [0.1, 0.15) is 5.75 Å². The van der Waals surface area contributed by atoms with E-state index in [9.17, 15) is 9.59 Å². The summed E-state index contributed by atoms with van der Waals surface area (Å²) in [6.45, 7) is 1.70. The molecule has 0 unspecified atom stereocenters. The fraction of sp³-hybridized carbons (Fsp3) is 0.333. The van der Waals surface area contributed by atoms with Crippen LogP contribution in [0.4, 0.5) is 0 Å². The Morgan fingerprint density at radius 2 is 2.06 bits per heavy atom. The number of hydrogen-bond donors (Lipinski definition) is 1. The summed E-state index contributed by atoms with van der Waals surface area (Å²) in [5.74, 6) is 0.247. The van der Waals surface area contributed by atoms with Crippen LogP contribution < -0.4 is 10.1 Å². The lowest BCUT2D eigenvalue weighted by Crippen LogP contribution is -2.42. The zero-order valence-corrected chi connectivity index (χ0v) is 19.9. The van der Waals surface area contributed by atoms with E-state index < -0.39 is 5.97 Å². The summed E-state index contributed by atoms with van der Waals surface area (Å²) in [5, 5.41) is 13.1. The molecule has 3 heterocycles. The van der Waals surface area contributed by atoms with Gasteiger partial charge < -0.3 is 14.8 Å². The van der Waals surface area contributed by atoms with Gasteiger partial charge in [0.2, 0.25) is 5.91 Å². The second-order valence-electron chi connectivity index (χ2n) is 7.91. The van der Waals surface area contributed by atoms with Crippen LogP contribution in [0.1, 0.15) is 33.4 Å². The molecule has 4 rings (SSSR count). The fourth-order valence-electron chi connectivity index (χ4n) is 3.94. The van der Waals surface area contributed by atoms with Gasteiger partial charge in [-0.3, -0.25) is 9.69 Å². The predicted molar refractivity (Wildman–Crippen MR) is 129 cm³/mol. The quantitative estimate of drug-likeness (QED) is 0.469. The molecule has 0 saturated carbocycles. The van der Waals surface area contributed by atoms with E-state index in [0.717, 1.165) is 16.2 Å². The number of hydrogen-bond acceptors (Lipinski definition) is 8.